The van der Waals surface area contributed by atoms with Crippen LogP contribution in [0.15, 0.2) is 30.3 Å². The molecule has 0 spiro atoms. The summed E-state index contributed by atoms with van der Waals surface area (Å²) in [5.74, 6) is 1.62. The van der Waals surface area contributed by atoms with Crippen molar-refractivity contribution in [1.29, 1.82) is 0 Å². The van der Waals surface area contributed by atoms with Crippen LogP contribution in [0.5, 0.6) is 5.75 Å². The van der Waals surface area contributed by atoms with Crippen molar-refractivity contribution in [2.75, 3.05) is 0 Å². The van der Waals surface area contributed by atoms with Crippen LogP contribution in [-0.2, 0) is 4.79 Å². The van der Waals surface area contributed by atoms with E-state index in [9.17, 15) is 4.79 Å². The fraction of sp³-hybridized carbons (Fsp3) is 0.591. The molecule has 3 nitrogen and oxygen atoms in total. The minimum absolute atomic E-state index is 0.00159. The summed E-state index contributed by atoms with van der Waals surface area (Å²) >= 11 is 0. The number of carbonyl (C=O) groups excluding carboxylic acids is 1. The van der Waals surface area contributed by atoms with Crippen LogP contribution >= 0.6 is 0 Å². The van der Waals surface area contributed by atoms with Crippen LogP contribution in [-0.4, -0.2) is 18.1 Å². The zero-order chi connectivity index (χ0) is 18.4. The lowest BCUT2D eigenvalue weighted by atomic mass is 9.71. The Kier molecular flexibility index (Phi) is 6.69. The van der Waals surface area contributed by atoms with Gasteiger partial charge >= 0.3 is 0 Å². The van der Waals surface area contributed by atoms with Gasteiger partial charge in [-0.15, -0.1) is 0 Å². The molecule has 0 heterocycles. The van der Waals surface area contributed by atoms with Gasteiger partial charge in [0.25, 0.3) is 0 Å². The third-order valence-corrected chi connectivity index (χ3v) is 4.98. The first kappa shape index (κ1) is 19.6. The summed E-state index contributed by atoms with van der Waals surface area (Å²) in [6.07, 6.45) is 8.24. The summed E-state index contributed by atoms with van der Waals surface area (Å²) < 4.78 is 5.62. The molecule has 1 aromatic carbocycles. The van der Waals surface area contributed by atoms with Crippen molar-refractivity contribution >= 4 is 12.0 Å². The normalized spacial score (nSPS) is 21.5. The molecule has 1 N–H and O–H groups in total. The van der Waals surface area contributed by atoms with E-state index in [1.165, 1.54) is 12.8 Å². The lowest BCUT2D eigenvalue weighted by molar-refractivity contribution is -0.117. The van der Waals surface area contributed by atoms with Crippen molar-refractivity contribution in [1.82, 2.24) is 5.32 Å². The van der Waals surface area contributed by atoms with Gasteiger partial charge in [0, 0.05) is 12.1 Å². The zero-order valence-corrected chi connectivity index (χ0v) is 16.3. The molecule has 0 saturated heterocycles. The molecule has 0 bridgehead atoms. The average molecular weight is 344 g/mol. The number of nitrogens with one attached hydrogen (secondary N) is 1. The summed E-state index contributed by atoms with van der Waals surface area (Å²) in [6.45, 7) is 11.0. The topological polar surface area (TPSA) is 38.3 Å². The first-order valence-electron chi connectivity index (χ1n) is 9.49. The summed E-state index contributed by atoms with van der Waals surface area (Å²) in [7, 11) is 0. The Balaban J connectivity index is 1.79. The molecule has 3 heteroatoms. The van der Waals surface area contributed by atoms with E-state index in [0.29, 0.717) is 11.5 Å². The standard InChI is InChI=1S/C22H33NO2/c1-16(2)25-20-13-6-17(7-14-20)8-15-21(24)23-19-11-9-18(10-12-19)22(3,4)5/h6-8,13-16,18-19H,9-12H2,1-5H3,(H,23,24)/b15-8+. The first-order chi connectivity index (χ1) is 11.7. The fourth-order valence-corrected chi connectivity index (χ4v) is 3.45. The second-order valence-electron chi connectivity index (χ2n) is 8.49. The lowest BCUT2D eigenvalue weighted by Gasteiger charge is -2.37. The van der Waals surface area contributed by atoms with Gasteiger partial charge in [0.15, 0.2) is 0 Å². The molecule has 0 unspecified atom stereocenters. The van der Waals surface area contributed by atoms with Crippen molar-refractivity contribution < 1.29 is 9.53 Å². The maximum Gasteiger partial charge on any atom is 0.244 e. The third kappa shape index (κ3) is 6.56. The average Bonchev–Trinajstić information content (AvgIpc) is 2.53. The minimum atomic E-state index is 0.00159. The second kappa shape index (κ2) is 8.55. The molecule has 2 rings (SSSR count). The SMILES string of the molecule is CC(C)Oc1ccc(/C=C/C(=O)NC2CCC(C(C)(C)C)CC2)cc1. The molecule has 1 fully saturated rings. The Bertz CT molecular complexity index is 573. The molecule has 0 radical (unpaired) electrons. The van der Waals surface area contributed by atoms with E-state index in [0.717, 1.165) is 30.1 Å². The Morgan fingerprint density at radius 1 is 1.12 bits per heavy atom. The maximum atomic E-state index is 12.2. The Morgan fingerprint density at radius 3 is 2.24 bits per heavy atom. The zero-order valence-electron chi connectivity index (χ0n) is 16.3. The summed E-state index contributed by atoms with van der Waals surface area (Å²) in [5.41, 5.74) is 1.38. The summed E-state index contributed by atoms with van der Waals surface area (Å²) in [5, 5.41) is 3.15. The summed E-state index contributed by atoms with van der Waals surface area (Å²) in [6, 6.07) is 8.13. The van der Waals surface area contributed by atoms with E-state index in [1.54, 1.807) is 6.08 Å². The van der Waals surface area contributed by atoms with Crippen LogP contribution in [0.25, 0.3) is 6.08 Å². The van der Waals surface area contributed by atoms with Gasteiger partial charge in [-0.3, -0.25) is 4.79 Å². The van der Waals surface area contributed by atoms with Crippen LogP contribution in [0.4, 0.5) is 0 Å². The summed E-state index contributed by atoms with van der Waals surface area (Å²) in [4.78, 5) is 12.2. The van der Waals surface area contributed by atoms with Crippen molar-refractivity contribution in [3.05, 3.63) is 35.9 Å². The van der Waals surface area contributed by atoms with Gasteiger partial charge in [0.2, 0.25) is 5.91 Å². The maximum absolute atomic E-state index is 12.2. The highest BCUT2D eigenvalue weighted by Gasteiger charge is 2.29. The van der Waals surface area contributed by atoms with E-state index in [2.05, 4.69) is 26.1 Å². The van der Waals surface area contributed by atoms with Crippen LogP contribution in [0.1, 0.15) is 65.9 Å². The number of carbonyl (C=O) groups is 1. The molecule has 0 aromatic heterocycles. The highest BCUT2D eigenvalue weighted by molar-refractivity contribution is 5.91. The number of benzene rings is 1. The van der Waals surface area contributed by atoms with Crippen molar-refractivity contribution in [2.45, 2.75) is 72.4 Å². The molecule has 1 aliphatic carbocycles. The number of amides is 1. The number of rotatable bonds is 5. The second-order valence-corrected chi connectivity index (χ2v) is 8.49. The van der Waals surface area contributed by atoms with E-state index in [1.807, 2.05) is 44.2 Å². The molecular formula is C22H33NO2. The molecule has 0 atom stereocenters. The molecule has 25 heavy (non-hydrogen) atoms. The predicted octanol–water partition coefficient (Wildman–Crippen LogP) is 5.21. The van der Waals surface area contributed by atoms with Crippen molar-refractivity contribution in [3.63, 3.8) is 0 Å². The quantitative estimate of drug-likeness (QED) is 0.746. The Hall–Kier alpha value is -1.77. The van der Waals surface area contributed by atoms with E-state index in [-0.39, 0.29) is 12.0 Å². The molecule has 138 valence electrons. The van der Waals surface area contributed by atoms with Crippen LogP contribution in [0.2, 0.25) is 0 Å². The van der Waals surface area contributed by atoms with Crippen LogP contribution in [0.3, 0.4) is 0 Å². The predicted molar refractivity (Wildman–Crippen MR) is 105 cm³/mol. The molecule has 1 aliphatic rings. The van der Waals surface area contributed by atoms with Gasteiger partial charge in [-0.1, -0.05) is 32.9 Å². The minimum Gasteiger partial charge on any atom is -0.491 e. The first-order valence-corrected chi connectivity index (χ1v) is 9.49. The molecular weight excluding hydrogens is 310 g/mol. The Morgan fingerprint density at radius 2 is 1.72 bits per heavy atom. The van der Waals surface area contributed by atoms with E-state index in [4.69, 9.17) is 4.74 Å². The molecule has 1 aromatic rings. The highest BCUT2D eigenvalue weighted by atomic mass is 16.5. The van der Waals surface area contributed by atoms with Gasteiger partial charge < -0.3 is 10.1 Å². The van der Waals surface area contributed by atoms with Gasteiger partial charge in [0.05, 0.1) is 6.10 Å². The fourth-order valence-electron chi connectivity index (χ4n) is 3.45. The molecule has 1 amide bonds. The number of hydrogen-bond donors (Lipinski definition) is 1. The van der Waals surface area contributed by atoms with Crippen LogP contribution < -0.4 is 10.1 Å². The van der Waals surface area contributed by atoms with Crippen molar-refractivity contribution in [2.24, 2.45) is 11.3 Å². The van der Waals surface area contributed by atoms with Gasteiger partial charge in [-0.2, -0.15) is 0 Å². The smallest absolute Gasteiger partial charge is 0.244 e. The molecule has 1 saturated carbocycles. The van der Waals surface area contributed by atoms with Crippen LogP contribution in [0, 0.1) is 11.3 Å². The van der Waals surface area contributed by atoms with Gasteiger partial charge in [0.1, 0.15) is 5.75 Å². The van der Waals surface area contributed by atoms with E-state index < -0.39 is 0 Å². The number of ether oxygens (including phenoxy) is 1. The lowest BCUT2D eigenvalue weighted by Crippen LogP contribution is -2.38. The number of hydrogen-bond acceptors (Lipinski definition) is 2. The molecule has 0 aliphatic heterocycles. The van der Waals surface area contributed by atoms with Gasteiger partial charge in [-0.25, -0.2) is 0 Å². The van der Waals surface area contributed by atoms with E-state index >= 15 is 0 Å². The third-order valence-electron chi connectivity index (χ3n) is 4.98. The Labute approximate surface area is 152 Å². The van der Waals surface area contributed by atoms with Crippen molar-refractivity contribution in [3.8, 4) is 5.75 Å². The highest BCUT2D eigenvalue weighted by Crippen LogP contribution is 2.37. The monoisotopic (exact) mass is 343 g/mol. The largest absolute Gasteiger partial charge is 0.491 e. The van der Waals surface area contributed by atoms with Gasteiger partial charge in [-0.05, 0) is 74.6 Å².